The molecule has 4 heterocycles. The van der Waals surface area contributed by atoms with Crippen molar-refractivity contribution >= 4 is 11.6 Å². The van der Waals surface area contributed by atoms with Crippen LogP contribution in [0.5, 0.6) is 0 Å². The van der Waals surface area contributed by atoms with Crippen molar-refractivity contribution in [2.45, 2.75) is 49.5 Å². The van der Waals surface area contributed by atoms with Gasteiger partial charge in [-0.05, 0) is 24.5 Å². The van der Waals surface area contributed by atoms with E-state index in [4.69, 9.17) is 9.57 Å². The van der Waals surface area contributed by atoms with Crippen LogP contribution in [0.15, 0.2) is 24.3 Å². The highest BCUT2D eigenvalue weighted by molar-refractivity contribution is 6.07. The van der Waals surface area contributed by atoms with Crippen LogP contribution in [0.3, 0.4) is 0 Å². The monoisotopic (exact) mass is 344 g/mol. The van der Waals surface area contributed by atoms with Gasteiger partial charge in [0.1, 0.15) is 11.5 Å². The van der Waals surface area contributed by atoms with E-state index in [0.29, 0.717) is 19.1 Å². The summed E-state index contributed by atoms with van der Waals surface area (Å²) in [7, 11) is 1.51. The van der Waals surface area contributed by atoms with Gasteiger partial charge in [-0.15, -0.1) is 0 Å². The predicted molar refractivity (Wildman–Crippen MR) is 91.0 cm³/mol. The molecule has 4 fully saturated rings. The van der Waals surface area contributed by atoms with Crippen molar-refractivity contribution in [1.82, 2.24) is 5.32 Å². The number of anilines is 1. The van der Waals surface area contributed by atoms with Crippen LogP contribution in [-0.2, 0) is 19.8 Å². The fourth-order valence-corrected chi connectivity index (χ4v) is 5.89. The molecule has 25 heavy (non-hydrogen) atoms. The lowest BCUT2D eigenvalue weighted by Gasteiger charge is -2.43. The molecule has 1 aromatic carbocycles. The zero-order valence-corrected chi connectivity index (χ0v) is 14.5. The lowest BCUT2D eigenvalue weighted by atomic mass is 9.70. The van der Waals surface area contributed by atoms with Gasteiger partial charge < -0.3 is 15.2 Å². The summed E-state index contributed by atoms with van der Waals surface area (Å²) in [4.78, 5) is 18.9. The first kappa shape index (κ1) is 15.8. The van der Waals surface area contributed by atoms with Gasteiger partial charge in [0, 0.05) is 23.9 Å². The third kappa shape index (κ3) is 1.76. The Kier molecular flexibility index (Phi) is 3.32. The number of nitrogens with zero attached hydrogens (tertiary/aromatic N) is 1. The topological polar surface area (TPSA) is 71.0 Å². The highest BCUT2D eigenvalue weighted by Gasteiger charge is 2.67. The molecule has 5 aliphatic rings. The Morgan fingerprint density at radius 2 is 2.24 bits per heavy atom. The Balaban J connectivity index is 1.69. The minimum absolute atomic E-state index is 0.122. The molecular weight excluding hydrogens is 320 g/mol. The average molecular weight is 344 g/mol. The summed E-state index contributed by atoms with van der Waals surface area (Å²) in [6, 6.07) is 8.18. The van der Waals surface area contributed by atoms with Crippen molar-refractivity contribution in [2.75, 3.05) is 18.8 Å². The number of hydrogen-bond acceptors (Lipinski definition) is 5. The van der Waals surface area contributed by atoms with E-state index in [0.717, 1.165) is 17.7 Å². The summed E-state index contributed by atoms with van der Waals surface area (Å²) < 4.78 is 6.15. The Labute approximate surface area is 147 Å². The normalized spacial score (nSPS) is 44.4. The van der Waals surface area contributed by atoms with Crippen LogP contribution >= 0.6 is 0 Å². The molecule has 1 aromatic rings. The number of carbonyl (C=O) groups is 1. The van der Waals surface area contributed by atoms with Crippen LogP contribution in [0.2, 0.25) is 0 Å². The van der Waals surface area contributed by atoms with E-state index in [1.165, 1.54) is 12.2 Å². The Bertz CT molecular complexity index is 725. The third-order valence-electron chi connectivity index (χ3n) is 6.90. The van der Waals surface area contributed by atoms with Crippen molar-refractivity contribution in [1.29, 1.82) is 0 Å². The van der Waals surface area contributed by atoms with Gasteiger partial charge in [0.15, 0.2) is 0 Å². The van der Waals surface area contributed by atoms with Crippen molar-refractivity contribution < 1.29 is 19.5 Å². The standard InChI is InChI=1S/C19H24N2O4/c1-3-12-15-10-9-25-17(16(15)22)19(8-13(10)20-12)11-6-4-5-7-14(11)21(24-2)18(19)23/h4-7,10,12-13,15-17,20,22H,3,8-9H2,1-2H3/t10-,12-,13+,15-,16+,17-,19+/m1/s1. The van der Waals surface area contributed by atoms with E-state index >= 15 is 0 Å². The highest BCUT2D eigenvalue weighted by Crippen LogP contribution is 2.56. The van der Waals surface area contributed by atoms with E-state index in [2.05, 4.69) is 12.2 Å². The first-order chi connectivity index (χ1) is 12.1. The first-order valence-corrected chi connectivity index (χ1v) is 9.17. The van der Waals surface area contributed by atoms with Crippen molar-refractivity contribution in [3.05, 3.63) is 29.8 Å². The maximum atomic E-state index is 13.5. The van der Waals surface area contributed by atoms with E-state index in [1.807, 2.05) is 24.3 Å². The Morgan fingerprint density at radius 1 is 1.44 bits per heavy atom. The maximum absolute atomic E-state index is 13.5. The minimum atomic E-state index is -0.883. The third-order valence-corrected chi connectivity index (χ3v) is 6.90. The summed E-state index contributed by atoms with van der Waals surface area (Å²) in [5.74, 6) is 0.278. The number of aliphatic hydroxyl groups excluding tert-OH is 1. The predicted octanol–water partition coefficient (Wildman–Crippen LogP) is 0.979. The molecule has 1 spiro atoms. The average Bonchev–Trinajstić information content (AvgIpc) is 3.00. The molecule has 3 saturated heterocycles. The van der Waals surface area contributed by atoms with Crippen LogP contribution in [0.25, 0.3) is 0 Å². The molecule has 6 nitrogen and oxygen atoms in total. The number of aliphatic hydroxyl groups is 1. The molecule has 0 unspecified atom stereocenters. The molecule has 1 aliphatic carbocycles. The first-order valence-electron chi connectivity index (χ1n) is 9.17. The van der Waals surface area contributed by atoms with Crippen LogP contribution in [0, 0.1) is 11.8 Å². The van der Waals surface area contributed by atoms with E-state index < -0.39 is 17.6 Å². The molecule has 1 saturated carbocycles. The zero-order chi connectivity index (χ0) is 17.3. The quantitative estimate of drug-likeness (QED) is 0.837. The molecule has 6 heteroatoms. The number of ether oxygens (including phenoxy) is 1. The largest absolute Gasteiger partial charge is 0.390 e. The number of hydroxylamine groups is 1. The van der Waals surface area contributed by atoms with E-state index in [-0.39, 0.29) is 23.8 Å². The second kappa shape index (κ2) is 5.27. The Hall–Kier alpha value is -1.47. The summed E-state index contributed by atoms with van der Waals surface area (Å²) in [5, 5.41) is 16.3. The summed E-state index contributed by atoms with van der Waals surface area (Å²) in [5.41, 5.74) is 0.791. The summed E-state index contributed by atoms with van der Waals surface area (Å²) >= 11 is 0. The Morgan fingerprint density at radius 3 is 3.00 bits per heavy atom. The number of benzene rings is 1. The number of carbonyl (C=O) groups excluding carboxylic acids is 1. The SMILES string of the molecule is CC[C@H]1N[C@H]2C[C@@]3(C(=O)N(OC)c4ccccc43)[C@@H]3OC[C@H]2[C@H]1[C@@H]3O. The van der Waals surface area contributed by atoms with Crippen LogP contribution in [0.4, 0.5) is 5.69 Å². The molecule has 4 aliphatic heterocycles. The number of hydrogen-bond donors (Lipinski definition) is 2. The van der Waals surface area contributed by atoms with Crippen LogP contribution < -0.4 is 10.4 Å². The number of amides is 1. The molecule has 1 amide bonds. The molecule has 2 N–H and O–H groups in total. The van der Waals surface area contributed by atoms with Crippen LogP contribution in [0.1, 0.15) is 25.3 Å². The zero-order valence-electron chi connectivity index (χ0n) is 14.5. The minimum Gasteiger partial charge on any atom is -0.390 e. The molecule has 7 atom stereocenters. The second-order valence-electron chi connectivity index (χ2n) is 7.75. The van der Waals surface area contributed by atoms with Gasteiger partial charge in [0.05, 0.1) is 25.5 Å². The fourth-order valence-electron chi connectivity index (χ4n) is 5.89. The van der Waals surface area contributed by atoms with Gasteiger partial charge in [-0.25, -0.2) is 0 Å². The lowest BCUT2D eigenvalue weighted by molar-refractivity contribution is -0.159. The summed E-state index contributed by atoms with van der Waals surface area (Å²) in [6.07, 6.45) is 0.437. The molecule has 0 aromatic heterocycles. The number of rotatable bonds is 2. The highest BCUT2D eigenvalue weighted by atomic mass is 16.7. The fraction of sp³-hybridized carbons (Fsp3) is 0.632. The van der Waals surface area contributed by atoms with Gasteiger partial charge in [-0.1, -0.05) is 25.1 Å². The van der Waals surface area contributed by atoms with Gasteiger partial charge in [0.25, 0.3) is 5.91 Å². The van der Waals surface area contributed by atoms with Crippen LogP contribution in [-0.4, -0.2) is 49.0 Å². The second-order valence-corrected chi connectivity index (χ2v) is 7.75. The smallest absolute Gasteiger partial charge is 0.264 e. The molecule has 0 radical (unpaired) electrons. The number of para-hydroxylation sites is 1. The van der Waals surface area contributed by atoms with Crippen molar-refractivity contribution in [3.8, 4) is 0 Å². The maximum Gasteiger partial charge on any atom is 0.264 e. The molecule has 6 rings (SSSR count). The van der Waals surface area contributed by atoms with Crippen molar-refractivity contribution in [3.63, 3.8) is 0 Å². The van der Waals surface area contributed by atoms with E-state index in [9.17, 15) is 9.90 Å². The molecule has 4 bridgehead atoms. The molecule has 134 valence electrons. The van der Waals surface area contributed by atoms with Gasteiger partial charge in [-0.3, -0.25) is 9.63 Å². The number of fused-ring (bicyclic) bond motifs is 2. The van der Waals surface area contributed by atoms with Gasteiger partial charge >= 0.3 is 0 Å². The number of nitrogens with one attached hydrogen (secondary N) is 1. The lowest BCUT2D eigenvalue weighted by Crippen LogP contribution is -2.59. The molecular formula is C19H24N2O4. The van der Waals surface area contributed by atoms with Gasteiger partial charge in [0.2, 0.25) is 0 Å². The van der Waals surface area contributed by atoms with Crippen molar-refractivity contribution in [2.24, 2.45) is 11.8 Å². The summed E-state index contributed by atoms with van der Waals surface area (Å²) in [6.45, 7) is 2.75. The van der Waals surface area contributed by atoms with E-state index in [1.54, 1.807) is 0 Å². The van der Waals surface area contributed by atoms with Gasteiger partial charge in [-0.2, -0.15) is 5.06 Å².